The molecule has 1 aliphatic heterocycles. The first-order valence-electron chi connectivity index (χ1n) is 10.7. The summed E-state index contributed by atoms with van der Waals surface area (Å²) in [5.41, 5.74) is 2.58. The number of aromatic nitrogens is 2. The van der Waals surface area contributed by atoms with Crippen LogP contribution in [-0.2, 0) is 17.8 Å². The van der Waals surface area contributed by atoms with Crippen molar-refractivity contribution in [3.05, 3.63) is 63.7 Å². The molecule has 8 nitrogen and oxygen atoms in total. The Morgan fingerprint density at radius 1 is 1.03 bits per heavy atom. The molecule has 8 heteroatoms. The number of H-pyrrole nitrogens is 1. The number of fused-ring (bicyclic) bond motifs is 1. The lowest BCUT2D eigenvalue weighted by molar-refractivity contribution is -0.132. The van der Waals surface area contributed by atoms with Crippen LogP contribution in [-0.4, -0.2) is 66.1 Å². The molecule has 2 aromatic carbocycles. The molecule has 1 saturated heterocycles. The molecule has 1 fully saturated rings. The second kappa shape index (κ2) is 9.40. The molecular weight excluding hydrogens is 408 g/mol. The highest BCUT2D eigenvalue weighted by atomic mass is 16.5. The SMILES string of the molecule is COc1cc2nc(CN3CCN(C(=O)Cc4ccc(C)cc4)CC3)[nH]c(=O)c2cc1OC. The number of rotatable bonds is 6. The second-order valence-electron chi connectivity index (χ2n) is 8.06. The fourth-order valence-electron chi connectivity index (χ4n) is 3.95. The van der Waals surface area contributed by atoms with Crippen molar-refractivity contribution in [3.63, 3.8) is 0 Å². The van der Waals surface area contributed by atoms with Crippen LogP contribution in [0.3, 0.4) is 0 Å². The minimum atomic E-state index is -0.210. The largest absolute Gasteiger partial charge is 0.493 e. The summed E-state index contributed by atoms with van der Waals surface area (Å²) in [4.78, 5) is 36.8. The maximum absolute atomic E-state index is 12.6. The number of amides is 1. The van der Waals surface area contributed by atoms with Gasteiger partial charge in [0.05, 0.1) is 38.1 Å². The molecule has 0 spiro atoms. The van der Waals surface area contributed by atoms with Gasteiger partial charge in [0, 0.05) is 32.2 Å². The standard InChI is InChI=1S/C24H28N4O4/c1-16-4-6-17(7-5-16)12-23(29)28-10-8-27(9-11-28)15-22-25-19-14-21(32-3)20(31-2)13-18(19)24(30)26-22/h4-7,13-14H,8-12,15H2,1-3H3,(H,25,26,30). The van der Waals surface area contributed by atoms with E-state index in [9.17, 15) is 9.59 Å². The average molecular weight is 437 g/mol. The zero-order chi connectivity index (χ0) is 22.7. The third-order valence-corrected chi connectivity index (χ3v) is 5.83. The summed E-state index contributed by atoms with van der Waals surface area (Å²) < 4.78 is 10.6. The molecule has 0 aliphatic carbocycles. The summed E-state index contributed by atoms with van der Waals surface area (Å²) in [5.74, 6) is 1.76. The monoisotopic (exact) mass is 436 g/mol. The van der Waals surface area contributed by atoms with Crippen molar-refractivity contribution >= 4 is 16.8 Å². The number of aryl methyl sites for hydroxylation is 1. The normalized spacial score (nSPS) is 14.5. The maximum Gasteiger partial charge on any atom is 0.258 e. The van der Waals surface area contributed by atoms with Crippen molar-refractivity contribution in [2.45, 2.75) is 19.9 Å². The third kappa shape index (κ3) is 4.75. The van der Waals surface area contributed by atoms with E-state index in [0.717, 1.165) is 18.7 Å². The first-order valence-corrected chi connectivity index (χ1v) is 10.7. The number of nitrogens with zero attached hydrogens (tertiary/aromatic N) is 3. The molecule has 168 valence electrons. The lowest BCUT2D eigenvalue weighted by Crippen LogP contribution is -2.49. The highest BCUT2D eigenvalue weighted by Crippen LogP contribution is 2.30. The van der Waals surface area contributed by atoms with E-state index in [-0.39, 0.29) is 11.5 Å². The average Bonchev–Trinajstić information content (AvgIpc) is 2.80. The highest BCUT2D eigenvalue weighted by Gasteiger charge is 2.22. The van der Waals surface area contributed by atoms with E-state index in [1.54, 1.807) is 19.2 Å². The Hall–Kier alpha value is -3.39. The molecule has 1 aliphatic rings. The minimum Gasteiger partial charge on any atom is -0.493 e. The quantitative estimate of drug-likeness (QED) is 0.637. The van der Waals surface area contributed by atoms with Crippen molar-refractivity contribution in [2.75, 3.05) is 40.4 Å². The van der Waals surface area contributed by atoms with Crippen molar-refractivity contribution < 1.29 is 14.3 Å². The molecule has 1 aromatic heterocycles. The van der Waals surface area contributed by atoms with Crippen molar-refractivity contribution in [3.8, 4) is 11.5 Å². The number of methoxy groups -OCH3 is 2. The first kappa shape index (κ1) is 21.8. The van der Waals surface area contributed by atoms with Gasteiger partial charge in [-0.25, -0.2) is 4.98 Å². The van der Waals surface area contributed by atoms with Crippen LogP contribution in [0.4, 0.5) is 0 Å². The molecular formula is C24H28N4O4. The first-order chi connectivity index (χ1) is 15.5. The Bertz CT molecular complexity index is 1170. The lowest BCUT2D eigenvalue weighted by Gasteiger charge is -2.34. The number of hydrogen-bond acceptors (Lipinski definition) is 6. The van der Waals surface area contributed by atoms with Gasteiger partial charge in [-0.15, -0.1) is 0 Å². The van der Waals surface area contributed by atoms with Crippen LogP contribution in [0, 0.1) is 6.92 Å². The molecule has 1 N–H and O–H groups in total. The fourth-order valence-corrected chi connectivity index (χ4v) is 3.95. The second-order valence-corrected chi connectivity index (χ2v) is 8.06. The van der Waals surface area contributed by atoms with Gasteiger partial charge in [-0.1, -0.05) is 29.8 Å². The zero-order valence-corrected chi connectivity index (χ0v) is 18.7. The number of benzene rings is 2. The third-order valence-electron chi connectivity index (χ3n) is 5.83. The van der Waals surface area contributed by atoms with Gasteiger partial charge in [0.2, 0.25) is 5.91 Å². The van der Waals surface area contributed by atoms with E-state index >= 15 is 0 Å². The Kier molecular flexibility index (Phi) is 6.41. The molecule has 0 bridgehead atoms. The van der Waals surface area contributed by atoms with Crippen molar-refractivity contribution in [1.82, 2.24) is 19.8 Å². The van der Waals surface area contributed by atoms with E-state index in [1.165, 1.54) is 12.7 Å². The molecule has 4 rings (SSSR count). The van der Waals surface area contributed by atoms with Gasteiger partial charge in [-0.3, -0.25) is 14.5 Å². The van der Waals surface area contributed by atoms with E-state index in [1.807, 2.05) is 36.1 Å². The summed E-state index contributed by atoms with van der Waals surface area (Å²) in [6.45, 7) is 5.33. The van der Waals surface area contributed by atoms with E-state index in [0.29, 0.717) is 54.3 Å². The van der Waals surface area contributed by atoms with E-state index < -0.39 is 0 Å². The Balaban J connectivity index is 1.39. The summed E-state index contributed by atoms with van der Waals surface area (Å²) in [5, 5.41) is 0.456. The van der Waals surface area contributed by atoms with Gasteiger partial charge in [-0.05, 0) is 18.6 Å². The Morgan fingerprint density at radius 2 is 1.69 bits per heavy atom. The van der Waals surface area contributed by atoms with Crippen LogP contribution in [0.25, 0.3) is 10.9 Å². The van der Waals surface area contributed by atoms with Crippen LogP contribution < -0.4 is 15.0 Å². The molecule has 0 radical (unpaired) electrons. The van der Waals surface area contributed by atoms with Gasteiger partial charge < -0.3 is 19.4 Å². The molecule has 0 saturated carbocycles. The topological polar surface area (TPSA) is 87.8 Å². The number of carbonyl (C=O) groups excluding carboxylic acids is 1. The van der Waals surface area contributed by atoms with Crippen molar-refractivity contribution in [2.24, 2.45) is 0 Å². The number of carbonyl (C=O) groups is 1. The molecule has 0 atom stereocenters. The van der Waals surface area contributed by atoms with E-state index in [4.69, 9.17) is 9.47 Å². The number of piperazine rings is 1. The summed E-state index contributed by atoms with van der Waals surface area (Å²) in [6.07, 6.45) is 0.422. The molecule has 2 heterocycles. The summed E-state index contributed by atoms with van der Waals surface area (Å²) in [6, 6.07) is 11.4. The smallest absolute Gasteiger partial charge is 0.258 e. The lowest BCUT2D eigenvalue weighted by atomic mass is 10.1. The molecule has 0 unspecified atom stereocenters. The van der Waals surface area contributed by atoms with Crippen LogP contribution >= 0.6 is 0 Å². The Labute approximate surface area is 186 Å². The van der Waals surface area contributed by atoms with Gasteiger partial charge in [0.25, 0.3) is 5.56 Å². The van der Waals surface area contributed by atoms with Gasteiger partial charge in [-0.2, -0.15) is 0 Å². The number of aromatic amines is 1. The number of ether oxygens (including phenoxy) is 2. The minimum absolute atomic E-state index is 0.145. The van der Waals surface area contributed by atoms with Crippen LogP contribution in [0.1, 0.15) is 17.0 Å². The highest BCUT2D eigenvalue weighted by molar-refractivity contribution is 5.82. The molecule has 32 heavy (non-hydrogen) atoms. The number of nitrogens with one attached hydrogen (secondary N) is 1. The van der Waals surface area contributed by atoms with Gasteiger partial charge >= 0.3 is 0 Å². The number of hydrogen-bond donors (Lipinski definition) is 1. The van der Waals surface area contributed by atoms with Gasteiger partial charge in [0.15, 0.2) is 11.5 Å². The van der Waals surface area contributed by atoms with Crippen LogP contribution in [0.15, 0.2) is 41.2 Å². The maximum atomic E-state index is 12.6. The predicted octanol–water partition coefficient (Wildman–Crippen LogP) is 2.14. The molecule has 1 amide bonds. The zero-order valence-electron chi connectivity index (χ0n) is 18.7. The van der Waals surface area contributed by atoms with Crippen molar-refractivity contribution in [1.29, 1.82) is 0 Å². The fraction of sp³-hybridized carbons (Fsp3) is 0.375. The van der Waals surface area contributed by atoms with E-state index in [2.05, 4.69) is 14.9 Å². The Morgan fingerprint density at radius 3 is 2.34 bits per heavy atom. The summed E-state index contributed by atoms with van der Waals surface area (Å²) >= 11 is 0. The van der Waals surface area contributed by atoms with Crippen LogP contribution in [0.5, 0.6) is 11.5 Å². The van der Waals surface area contributed by atoms with Crippen LogP contribution in [0.2, 0.25) is 0 Å². The van der Waals surface area contributed by atoms with Gasteiger partial charge in [0.1, 0.15) is 5.82 Å². The predicted molar refractivity (Wildman–Crippen MR) is 122 cm³/mol. The summed E-state index contributed by atoms with van der Waals surface area (Å²) in [7, 11) is 3.09. The molecule has 3 aromatic rings.